The van der Waals surface area contributed by atoms with E-state index in [-0.39, 0.29) is 11.5 Å². The van der Waals surface area contributed by atoms with E-state index in [0.29, 0.717) is 27.1 Å². The summed E-state index contributed by atoms with van der Waals surface area (Å²) < 4.78 is 6.26. The number of nitro benzene ring substituents is 1. The van der Waals surface area contributed by atoms with E-state index in [9.17, 15) is 14.9 Å². The summed E-state index contributed by atoms with van der Waals surface area (Å²) in [5.74, 6) is 0.952. The van der Waals surface area contributed by atoms with Gasteiger partial charge in [-0.2, -0.15) is 0 Å². The van der Waals surface area contributed by atoms with E-state index in [4.69, 9.17) is 4.42 Å². The summed E-state index contributed by atoms with van der Waals surface area (Å²) in [6.07, 6.45) is 3.04. The fourth-order valence-electron chi connectivity index (χ4n) is 2.26. The molecule has 5 nitrogen and oxygen atoms in total. The van der Waals surface area contributed by atoms with Crippen LogP contribution in [0.25, 0.3) is 17.4 Å². The third-order valence-electron chi connectivity index (χ3n) is 3.51. The molecule has 0 aliphatic carbocycles. The van der Waals surface area contributed by atoms with Gasteiger partial charge in [-0.25, -0.2) is 0 Å². The number of hydrogen-bond acceptors (Lipinski definition) is 4. The van der Waals surface area contributed by atoms with E-state index >= 15 is 0 Å². The van der Waals surface area contributed by atoms with Crippen molar-refractivity contribution in [1.29, 1.82) is 0 Å². The minimum absolute atomic E-state index is 0.00393. The molecule has 0 fully saturated rings. The third kappa shape index (κ3) is 3.92. The minimum Gasteiger partial charge on any atom is -0.457 e. The van der Waals surface area contributed by atoms with Crippen molar-refractivity contribution >= 4 is 33.5 Å². The number of non-ortho nitro benzene ring substituents is 1. The number of benzene rings is 2. The second-order valence-electron chi connectivity index (χ2n) is 5.19. The molecule has 1 heterocycles. The fraction of sp³-hybridized carbons (Fsp3) is 0. The Kier molecular flexibility index (Phi) is 4.90. The van der Waals surface area contributed by atoms with Gasteiger partial charge in [0.1, 0.15) is 11.5 Å². The summed E-state index contributed by atoms with van der Waals surface area (Å²) in [5, 5.41) is 10.8. The molecule has 0 atom stereocenters. The van der Waals surface area contributed by atoms with Crippen LogP contribution >= 0.6 is 15.9 Å². The molecule has 0 unspecified atom stereocenters. The highest BCUT2D eigenvalue weighted by atomic mass is 79.9. The zero-order valence-electron chi connectivity index (χ0n) is 12.9. The molecule has 2 aromatic carbocycles. The first kappa shape index (κ1) is 16.9. The van der Waals surface area contributed by atoms with Gasteiger partial charge >= 0.3 is 0 Å². The van der Waals surface area contributed by atoms with Crippen LogP contribution in [0.4, 0.5) is 5.69 Å². The van der Waals surface area contributed by atoms with E-state index < -0.39 is 4.92 Å². The maximum Gasteiger partial charge on any atom is 0.270 e. The molecule has 0 saturated carbocycles. The topological polar surface area (TPSA) is 73.3 Å². The van der Waals surface area contributed by atoms with Gasteiger partial charge in [-0.1, -0.05) is 30.3 Å². The van der Waals surface area contributed by atoms with E-state index in [1.807, 2.05) is 6.07 Å². The molecule has 3 rings (SSSR count). The van der Waals surface area contributed by atoms with Gasteiger partial charge in [-0.15, -0.1) is 0 Å². The number of carbonyl (C=O) groups is 1. The molecule has 6 heteroatoms. The average Bonchev–Trinajstić information content (AvgIpc) is 3.09. The summed E-state index contributed by atoms with van der Waals surface area (Å²) in [7, 11) is 0. The molecule has 0 N–H and O–H groups in total. The Hall–Kier alpha value is -2.99. The lowest BCUT2D eigenvalue weighted by atomic mass is 10.1. The first-order valence-electron chi connectivity index (χ1n) is 7.36. The first-order chi connectivity index (χ1) is 12.0. The van der Waals surface area contributed by atoms with Crippen molar-refractivity contribution < 1.29 is 14.1 Å². The van der Waals surface area contributed by atoms with E-state index in [2.05, 4.69) is 15.9 Å². The van der Waals surface area contributed by atoms with Gasteiger partial charge in [0.25, 0.3) is 5.69 Å². The molecule has 1 aromatic heterocycles. The number of ketones is 1. The fourth-order valence-corrected chi connectivity index (χ4v) is 2.82. The monoisotopic (exact) mass is 397 g/mol. The Labute approximate surface area is 151 Å². The van der Waals surface area contributed by atoms with E-state index in [1.165, 1.54) is 18.2 Å². The van der Waals surface area contributed by atoms with Crippen LogP contribution in [0.5, 0.6) is 0 Å². The minimum atomic E-state index is -0.458. The zero-order valence-corrected chi connectivity index (χ0v) is 14.5. The standard InChI is InChI=1S/C19H12BrNO4/c20-17-12-14(21(23)24)6-9-16(17)19-11-8-15(25-19)7-10-18(22)13-4-2-1-3-5-13/h1-12H/b10-7+. The number of halogens is 1. The molecule has 0 bridgehead atoms. The normalized spacial score (nSPS) is 10.9. The van der Waals surface area contributed by atoms with Crippen LogP contribution in [0, 0.1) is 10.1 Å². The van der Waals surface area contributed by atoms with Crippen molar-refractivity contribution in [2.24, 2.45) is 0 Å². The van der Waals surface area contributed by atoms with Gasteiger partial charge in [-0.05, 0) is 46.3 Å². The van der Waals surface area contributed by atoms with Gasteiger partial charge in [0, 0.05) is 27.7 Å². The van der Waals surface area contributed by atoms with Crippen LogP contribution in [0.2, 0.25) is 0 Å². The van der Waals surface area contributed by atoms with Gasteiger partial charge < -0.3 is 4.42 Å². The van der Waals surface area contributed by atoms with Gasteiger partial charge in [-0.3, -0.25) is 14.9 Å². The number of nitro groups is 1. The van der Waals surface area contributed by atoms with Gasteiger partial charge in [0.15, 0.2) is 5.78 Å². The number of allylic oxidation sites excluding steroid dienone is 1. The maximum absolute atomic E-state index is 12.1. The number of rotatable bonds is 5. The van der Waals surface area contributed by atoms with Gasteiger partial charge in [0.2, 0.25) is 0 Å². The highest BCUT2D eigenvalue weighted by molar-refractivity contribution is 9.10. The Balaban J connectivity index is 1.80. The first-order valence-corrected chi connectivity index (χ1v) is 8.15. The number of carbonyl (C=O) groups excluding carboxylic acids is 1. The summed E-state index contributed by atoms with van der Waals surface area (Å²) in [6.45, 7) is 0. The molecule has 0 amide bonds. The summed E-state index contributed by atoms with van der Waals surface area (Å²) in [4.78, 5) is 22.4. The molecular weight excluding hydrogens is 386 g/mol. The SMILES string of the molecule is O=C(/C=C/c1ccc(-c2ccc([N+](=O)[O-])cc2Br)o1)c1ccccc1. The molecular formula is C19H12BrNO4. The van der Waals surface area contributed by atoms with Crippen molar-refractivity contribution in [3.05, 3.63) is 92.7 Å². The van der Waals surface area contributed by atoms with Crippen molar-refractivity contribution in [2.45, 2.75) is 0 Å². The Bertz CT molecular complexity index is 961. The molecule has 0 aliphatic heterocycles. The predicted octanol–water partition coefficient (Wildman–Crippen LogP) is 5.51. The number of furan rings is 1. The van der Waals surface area contributed by atoms with Crippen LogP contribution < -0.4 is 0 Å². The smallest absolute Gasteiger partial charge is 0.270 e. The van der Waals surface area contributed by atoms with Crippen LogP contribution in [-0.2, 0) is 0 Å². The van der Waals surface area contributed by atoms with Crippen molar-refractivity contribution in [3.63, 3.8) is 0 Å². The lowest BCUT2D eigenvalue weighted by Crippen LogP contribution is -1.92. The molecule has 0 saturated heterocycles. The van der Waals surface area contributed by atoms with E-state index in [1.54, 1.807) is 48.5 Å². The zero-order chi connectivity index (χ0) is 17.8. The summed E-state index contributed by atoms with van der Waals surface area (Å²) in [6, 6.07) is 16.9. The van der Waals surface area contributed by atoms with Gasteiger partial charge in [0.05, 0.1) is 4.92 Å². The predicted molar refractivity (Wildman–Crippen MR) is 98.3 cm³/mol. The largest absolute Gasteiger partial charge is 0.457 e. The Morgan fingerprint density at radius 2 is 1.84 bits per heavy atom. The molecule has 25 heavy (non-hydrogen) atoms. The molecule has 124 valence electrons. The lowest BCUT2D eigenvalue weighted by Gasteiger charge is -2.00. The molecule has 0 aliphatic rings. The maximum atomic E-state index is 12.1. The summed E-state index contributed by atoms with van der Waals surface area (Å²) in [5.41, 5.74) is 1.29. The van der Waals surface area contributed by atoms with Crippen molar-refractivity contribution in [2.75, 3.05) is 0 Å². The lowest BCUT2D eigenvalue weighted by molar-refractivity contribution is -0.384. The Morgan fingerprint density at radius 1 is 1.08 bits per heavy atom. The van der Waals surface area contributed by atoms with Crippen LogP contribution in [0.15, 0.2) is 75.6 Å². The number of hydrogen-bond donors (Lipinski definition) is 0. The summed E-state index contributed by atoms with van der Waals surface area (Å²) >= 11 is 3.32. The third-order valence-corrected chi connectivity index (χ3v) is 4.17. The molecule has 0 spiro atoms. The second kappa shape index (κ2) is 7.27. The van der Waals surface area contributed by atoms with Crippen LogP contribution in [-0.4, -0.2) is 10.7 Å². The highest BCUT2D eigenvalue weighted by Gasteiger charge is 2.13. The average molecular weight is 398 g/mol. The highest BCUT2D eigenvalue weighted by Crippen LogP contribution is 2.32. The van der Waals surface area contributed by atoms with E-state index in [0.717, 1.165) is 0 Å². The Morgan fingerprint density at radius 3 is 2.52 bits per heavy atom. The van der Waals surface area contributed by atoms with Crippen molar-refractivity contribution in [1.82, 2.24) is 0 Å². The van der Waals surface area contributed by atoms with Crippen molar-refractivity contribution in [3.8, 4) is 11.3 Å². The molecule has 0 radical (unpaired) electrons. The quantitative estimate of drug-likeness (QED) is 0.246. The van der Waals surface area contributed by atoms with Crippen LogP contribution in [0.1, 0.15) is 16.1 Å². The van der Waals surface area contributed by atoms with Crippen LogP contribution in [0.3, 0.4) is 0 Å². The second-order valence-corrected chi connectivity index (χ2v) is 6.04. The molecule has 3 aromatic rings. The number of nitrogens with zero attached hydrogens (tertiary/aromatic N) is 1.